The summed E-state index contributed by atoms with van der Waals surface area (Å²) in [6, 6.07) is 12.2. The summed E-state index contributed by atoms with van der Waals surface area (Å²) >= 11 is 0. The van der Waals surface area contributed by atoms with Crippen molar-refractivity contribution in [2.45, 2.75) is 89.8 Å². The average molecular weight is 902 g/mol. The third-order valence-electron chi connectivity index (χ3n) is 12.4. The van der Waals surface area contributed by atoms with Crippen molar-refractivity contribution < 1.29 is 28.8 Å². The number of piperazine rings is 1. The Labute approximate surface area is 383 Å². The van der Waals surface area contributed by atoms with Gasteiger partial charge in [0.1, 0.15) is 12.1 Å². The molecule has 2 aromatic rings. The zero-order chi connectivity index (χ0) is 46.7. The van der Waals surface area contributed by atoms with Gasteiger partial charge in [0.05, 0.1) is 35.2 Å². The highest BCUT2D eigenvalue weighted by atomic mass is 16.2. The number of carbonyl (C=O) groups excluding carboxylic acids is 6. The van der Waals surface area contributed by atoms with Crippen molar-refractivity contribution in [2.75, 3.05) is 88.8 Å². The number of anilines is 3. The summed E-state index contributed by atoms with van der Waals surface area (Å²) in [7, 11) is 0. The molecule has 2 saturated heterocycles. The number of aliphatic imine (C=N–C) groups is 1. The van der Waals surface area contributed by atoms with Crippen LogP contribution in [0.3, 0.4) is 0 Å². The van der Waals surface area contributed by atoms with Gasteiger partial charge in [0.25, 0.3) is 5.91 Å². The largest absolute Gasteiger partial charge is 0.370 e. The standard InChI is InChI=1S/C46H71N13O6/c1-32(42(62)55-38(14-7-8-20-47)45(65)53-33(2)60)52-44(64)37(15-9-21-51-46(48)49)50-22-26-57-29-27-56(28-30-57)23-10-11-34-18-24-58(25-19-34)31-41(61)59-39-16-5-3-12-35(39)43(63)54-36-13-4-6-17-40(36)59/h3-6,12-13,16-17,32,34,37-38,50H,7-11,14-15,18-31,47H2,1-2H3,(H,52,64)(H,54,63)(H,55,62)(H4,48,49,51)(H,53,60,65)/t32-,37-,38-/m0/s1. The van der Waals surface area contributed by atoms with Crippen LogP contribution in [0, 0.1) is 5.92 Å². The Kier molecular flexibility index (Phi) is 20.1. The maximum atomic E-state index is 13.9. The number of likely N-dealkylation sites (tertiary alicyclic amines) is 1. The molecule has 11 N–H and O–H groups in total. The first kappa shape index (κ1) is 50.5. The molecule has 19 heteroatoms. The van der Waals surface area contributed by atoms with Gasteiger partial charge in [-0.15, -0.1) is 0 Å². The molecule has 0 bridgehead atoms. The molecule has 2 aromatic carbocycles. The van der Waals surface area contributed by atoms with Crippen LogP contribution in [0.1, 0.15) is 82.0 Å². The quantitative estimate of drug-likeness (QED) is 0.0437. The van der Waals surface area contributed by atoms with Crippen LogP contribution in [-0.2, 0) is 24.0 Å². The van der Waals surface area contributed by atoms with Crippen LogP contribution in [0.15, 0.2) is 53.5 Å². The zero-order valence-electron chi connectivity index (χ0n) is 38.2. The minimum absolute atomic E-state index is 0.0220. The van der Waals surface area contributed by atoms with Crippen molar-refractivity contribution in [3.05, 3.63) is 54.1 Å². The fourth-order valence-corrected chi connectivity index (χ4v) is 8.68. The van der Waals surface area contributed by atoms with Gasteiger partial charge < -0.3 is 43.4 Å². The van der Waals surface area contributed by atoms with Crippen LogP contribution in [0.5, 0.6) is 0 Å². The molecular formula is C46H71N13O6. The van der Waals surface area contributed by atoms with Crippen LogP contribution in [0.4, 0.5) is 17.1 Å². The number of imide groups is 1. The number of nitrogens with zero attached hydrogens (tertiary/aromatic N) is 5. The fraction of sp³-hybridized carbons (Fsp3) is 0.587. The number of guanidine groups is 1. The second-order valence-corrected chi connectivity index (χ2v) is 17.3. The predicted octanol–water partition coefficient (Wildman–Crippen LogP) is 0.820. The number of nitrogens with one attached hydrogen (secondary N) is 5. The number of unbranched alkanes of at least 4 members (excludes halogenated alkanes) is 1. The molecule has 0 spiro atoms. The molecule has 3 aliphatic heterocycles. The molecule has 2 fully saturated rings. The van der Waals surface area contributed by atoms with Crippen molar-refractivity contribution in [3.8, 4) is 0 Å². The van der Waals surface area contributed by atoms with E-state index in [9.17, 15) is 28.8 Å². The molecule has 3 aliphatic rings. The Bertz CT molecular complexity index is 1940. The molecule has 19 nitrogen and oxygen atoms in total. The average Bonchev–Trinajstić information content (AvgIpc) is 3.41. The molecule has 0 radical (unpaired) electrons. The van der Waals surface area contributed by atoms with Gasteiger partial charge in [0.2, 0.25) is 29.5 Å². The van der Waals surface area contributed by atoms with Gasteiger partial charge in [-0.2, -0.15) is 0 Å². The first-order valence-electron chi connectivity index (χ1n) is 23.2. The molecule has 0 aliphatic carbocycles. The second-order valence-electron chi connectivity index (χ2n) is 17.3. The van der Waals surface area contributed by atoms with E-state index in [1.165, 1.54) is 6.92 Å². The van der Waals surface area contributed by atoms with Crippen LogP contribution in [0.2, 0.25) is 0 Å². The summed E-state index contributed by atoms with van der Waals surface area (Å²) < 4.78 is 0. The first-order valence-corrected chi connectivity index (χ1v) is 23.2. The van der Waals surface area contributed by atoms with E-state index in [-0.39, 0.29) is 23.7 Å². The van der Waals surface area contributed by atoms with Gasteiger partial charge in [-0.25, -0.2) is 0 Å². The van der Waals surface area contributed by atoms with E-state index in [2.05, 4.69) is 46.3 Å². The van der Waals surface area contributed by atoms with Gasteiger partial charge >= 0.3 is 0 Å². The SMILES string of the molecule is CC(=O)NC(=O)[C@H](CCCCN)NC(=O)[C@H](C)NC(=O)[C@H](CCCN=C(N)N)NCCN1CCN(CCCC2CCN(CC(=O)N3c4ccccc4NC(=O)c4ccccc43)CC2)CC1. The first-order chi connectivity index (χ1) is 31.3. The van der Waals surface area contributed by atoms with E-state index >= 15 is 0 Å². The lowest BCUT2D eigenvalue weighted by atomic mass is 9.92. The molecule has 0 unspecified atom stereocenters. The minimum atomic E-state index is -0.941. The predicted molar refractivity (Wildman–Crippen MR) is 252 cm³/mol. The maximum absolute atomic E-state index is 13.9. The summed E-state index contributed by atoms with van der Waals surface area (Å²) in [5.74, 6) is -1.69. The van der Waals surface area contributed by atoms with Gasteiger partial charge in [0, 0.05) is 52.7 Å². The smallest absolute Gasteiger partial charge is 0.257 e. The topological polar surface area (TPSA) is 266 Å². The molecule has 3 heterocycles. The van der Waals surface area contributed by atoms with Crippen LogP contribution in [0.25, 0.3) is 0 Å². The number of piperidine rings is 1. The molecular weight excluding hydrogens is 831 g/mol. The fourth-order valence-electron chi connectivity index (χ4n) is 8.68. The number of hydrogen-bond donors (Lipinski definition) is 8. The summed E-state index contributed by atoms with van der Waals surface area (Å²) in [4.78, 5) is 90.5. The Morgan fingerprint density at radius 1 is 0.769 bits per heavy atom. The Balaban J connectivity index is 1.00. The number of rotatable bonds is 23. The maximum Gasteiger partial charge on any atom is 0.257 e. The highest BCUT2D eigenvalue weighted by Gasteiger charge is 2.32. The molecule has 0 aromatic heterocycles. The van der Waals surface area contributed by atoms with E-state index in [0.717, 1.165) is 78.0 Å². The molecule has 0 saturated carbocycles. The Morgan fingerprint density at radius 3 is 2.12 bits per heavy atom. The van der Waals surface area contributed by atoms with Crippen molar-refractivity contribution in [2.24, 2.45) is 28.1 Å². The summed E-state index contributed by atoms with van der Waals surface area (Å²) in [6.45, 7) is 11.7. The number of para-hydroxylation sites is 3. The van der Waals surface area contributed by atoms with Gasteiger partial charge in [-0.1, -0.05) is 24.3 Å². The highest BCUT2D eigenvalue weighted by Crippen LogP contribution is 2.38. The lowest BCUT2D eigenvalue weighted by Crippen LogP contribution is -2.56. The number of benzene rings is 2. The van der Waals surface area contributed by atoms with E-state index in [1.54, 1.807) is 17.9 Å². The highest BCUT2D eigenvalue weighted by molar-refractivity contribution is 6.18. The lowest BCUT2D eigenvalue weighted by Gasteiger charge is -2.36. The van der Waals surface area contributed by atoms with E-state index in [4.69, 9.17) is 17.2 Å². The number of nitrogens with two attached hydrogens (primary N) is 3. The van der Waals surface area contributed by atoms with Crippen LogP contribution in [-0.4, -0.2) is 153 Å². The van der Waals surface area contributed by atoms with Gasteiger partial charge in [-0.05, 0) is 121 Å². The minimum Gasteiger partial charge on any atom is -0.370 e. The number of amides is 6. The van der Waals surface area contributed by atoms with E-state index in [0.29, 0.717) is 86.8 Å². The molecule has 5 rings (SSSR count). The van der Waals surface area contributed by atoms with Crippen molar-refractivity contribution in [3.63, 3.8) is 0 Å². The number of hydrogen-bond acceptors (Lipinski definition) is 12. The van der Waals surface area contributed by atoms with Crippen molar-refractivity contribution in [1.82, 2.24) is 36.0 Å². The summed E-state index contributed by atoms with van der Waals surface area (Å²) in [6.07, 6.45) is 6.91. The Hall–Kier alpha value is -5.47. The van der Waals surface area contributed by atoms with Crippen LogP contribution < -0.4 is 48.7 Å². The van der Waals surface area contributed by atoms with Gasteiger partial charge in [0.15, 0.2) is 5.96 Å². The molecule has 65 heavy (non-hydrogen) atoms. The summed E-state index contributed by atoms with van der Waals surface area (Å²) in [5.41, 5.74) is 19.0. The van der Waals surface area contributed by atoms with Crippen molar-refractivity contribution >= 4 is 58.5 Å². The van der Waals surface area contributed by atoms with Gasteiger partial charge in [-0.3, -0.25) is 53.8 Å². The monoisotopic (exact) mass is 902 g/mol. The molecule has 3 atom stereocenters. The van der Waals surface area contributed by atoms with Crippen molar-refractivity contribution in [1.29, 1.82) is 0 Å². The van der Waals surface area contributed by atoms with E-state index in [1.807, 2.05) is 42.5 Å². The number of carbonyl (C=O) groups is 6. The normalized spacial score (nSPS) is 17.3. The lowest BCUT2D eigenvalue weighted by molar-refractivity contribution is -0.134. The number of fused-ring (bicyclic) bond motifs is 2. The second kappa shape index (κ2) is 25.9. The Morgan fingerprint density at radius 2 is 1.43 bits per heavy atom. The third kappa shape index (κ3) is 15.9. The molecule has 356 valence electrons. The van der Waals surface area contributed by atoms with E-state index < -0.39 is 35.8 Å². The zero-order valence-corrected chi connectivity index (χ0v) is 38.2. The molecule has 6 amide bonds. The summed E-state index contributed by atoms with van der Waals surface area (Å²) in [5, 5.41) is 14.0. The van der Waals surface area contributed by atoms with Crippen LogP contribution >= 0.6 is 0 Å². The third-order valence-corrected chi connectivity index (χ3v) is 12.4.